The molecule has 0 spiro atoms. The standard InChI is InChI=1S/C22H19Br2NO6S/c1-12(21(27)30-3)25-20(26)18(32-22(25)28)10-14-8-16(24)19(17(9-14)29-2)31-11-13-4-6-15(23)7-5-13/h4-10,12H,11H2,1-3H3/b18-10+/t12-/m1/s1. The molecule has 3 rings (SSSR count). The fraction of sp³-hybridized carbons (Fsp3) is 0.227. The van der Waals surface area contributed by atoms with Crippen LogP contribution in [-0.2, 0) is 20.9 Å². The molecule has 1 saturated heterocycles. The van der Waals surface area contributed by atoms with Crippen LogP contribution in [0.4, 0.5) is 4.79 Å². The molecule has 0 aliphatic carbocycles. The van der Waals surface area contributed by atoms with E-state index < -0.39 is 23.2 Å². The van der Waals surface area contributed by atoms with E-state index in [9.17, 15) is 14.4 Å². The number of thioether (sulfide) groups is 1. The lowest BCUT2D eigenvalue weighted by Gasteiger charge is -2.18. The fourth-order valence-electron chi connectivity index (χ4n) is 2.94. The number of ether oxygens (including phenoxy) is 3. The Morgan fingerprint density at radius 1 is 1.16 bits per heavy atom. The van der Waals surface area contributed by atoms with Crippen LogP contribution in [0.25, 0.3) is 6.08 Å². The minimum Gasteiger partial charge on any atom is -0.493 e. The largest absolute Gasteiger partial charge is 0.493 e. The van der Waals surface area contributed by atoms with Crippen molar-refractivity contribution in [1.82, 2.24) is 4.90 Å². The number of esters is 1. The third kappa shape index (κ3) is 5.36. The van der Waals surface area contributed by atoms with Crippen molar-refractivity contribution < 1.29 is 28.6 Å². The third-order valence-electron chi connectivity index (χ3n) is 4.60. The molecule has 1 heterocycles. The second-order valence-electron chi connectivity index (χ2n) is 6.70. The lowest BCUT2D eigenvalue weighted by Crippen LogP contribution is -2.42. The second-order valence-corrected chi connectivity index (χ2v) is 9.46. The van der Waals surface area contributed by atoms with Gasteiger partial charge in [-0.2, -0.15) is 0 Å². The van der Waals surface area contributed by atoms with Crippen molar-refractivity contribution >= 4 is 66.8 Å². The summed E-state index contributed by atoms with van der Waals surface area (Å²) in [6.45, 7) is 1.79. The molecule has 1 aliphatic rings. The van der Waals surface area contributed by atoms with Gasteiger partial charge in [-0.1, -0.05) is 28.1 Å². The Balaban J connectivity index is 1.83. The first-order valence-corrected chi connectivity index (χ1v) is 11.7. The second kappa shape index (κ2) is 10.5. The number of imide groups is 1. The molecule has 0 saturated carbocycles. The highest BCUT2D eigenvalue weighted by Gasteiger charge is 2.41. The molecule has 0 unspecified atom stereocenters. The van der Waals surface area contributed by atoms with E-state index >= 15 is 0 Å². The highest BCUT2D eigenvalue weighted by Crippen LogP contribution is 2.40. The van der Waals surface area contributed by atoms with Crippen molar-refractivity contribution in [3.05, 3.63) is 61.4 Å². The molecule has 2 amide bonds. The van der Waals surface area contributed by atoms with Crippen molar-refractivity contribution in [2.75, 3.05) is 14.2 Å². The van der Waals surface area contributed by atoms with Gasteiger partial charge < -0.3 is 14.2 Å². The van der Waals surface area contributed by atoms with Crippen LogP contribution in [-0.4, -0.2) is 42.3 Å². The minimum atomic E-state index is -1.01. The first-order chi connectivity index (χ1) is 15.2. The molecule has 1 aliphatic heterocycles. The molecule has 168 valence electrons. The Morgan fingerprint density at radius 2 is 1.84 bits per heavy atom. The lowest BCUT2D eigenvalue weighted by atomic mass is 10.1. The van der Waals surface area contributed by atoms with Crippen LogP contribution in [0.1, 0.15) is 18.1 Å². The summed E-state index contributed by atoms with van der Waals surface area (Å²) in [4.78, 5) is 37.9. The maximum atomic E-state index is 12.7. The normalized spacial score (nSPS) is 15.8. The van der Waals surface area contributed by atoms with Gasteiger partial charge in [-0.05, 0) is 76.1 Å². The van der Waals surface area contributed by atoms with Gasteiger partial charge in [0.05, 0.1) is 23.6 Å². The van der Waals surface area contributed by atoms with Crippen molar-refractivity contribution in [2.24, 2.45) is 0 Å². The SMILES string of the molecule is COC(=O)[C@@H](C)N1C(=O)S/C(=C/c2cc(Br)c(OCc3ccc(Br)cc3)c(OC)c2)C1=O. The van der Waals surface area contributed by atoms with Gasteiger partial charge in [0.15, 0.2) is 11.5 Å². The summed E-state index contributed by atoms with van der Waals surface area (Å²) in [6, 6.07) is 10.2. The van der Waals surface area contributed by atoms with Crippen molar-refractivity contribution in [3.63, 3.8) is 0 Å². The van der Waals surface area contributed by atoms with Crippen molar-refractivity contribution in [2.45, 2.75) is 19.6 Å². The lowest BCUT2D eigenvalue weighted by molar-refractivity contribution is -0.148. The number of hydrogen-bond donors (Lipinski definition) is 0. The first kappa shape index (κ1) is 24.3. The zero-order chi connectivity index (χ0) is 23.4. The third-order valence-corrected chi connectivity index (χ3v) is 6.60. The summed E-state index contributed by atoms with van der Waals surface area (Å²) in [7, 11) is 2.72. The molecular weight excluding hydrogens is 566 g/mol. The van der Waals surface area contributed by atoms with Gasteiger partial charge in [0.2, 0.25) is 0 Å². The number of methoxy groups -OCH3 is 2. The van der Waals surface area contributed by atoms with Crippen LogP contribution in [0.3, 0.4) is 0 Å². The van der Waals surface area contributed by atoms with Gasteiger partial charge in [-0.3, -0.25) is 14.5 Å². The number of amides is 2. The quantitative estimate of drug-likeness (QED) is 0.318. The van der Waals surface area contributed by atoms with E-state index in [1.54, 1.807) is 18.2 Å². The molecule has 1 atom stereocenters. The van der Waals surface area contributed by atoms with E-state index in [1.165, 1.54) is 21.1 Å². The molecule has 2 aromatic carbocycles. The summed E-state index contributed by atoms with van der Waals surface area (Å²) >= 11 is 7.66. The van der Waals surface area contributed by atoms with E-state index in [-0.39, 0.29) is 4.91 Å². The number of carbonyl (C=O) groups is 3. The topological polar surface area (TPSA) is 82.1 Å². The maximum Gasteiger partial charge on any atom is 0.328 e. The predicted molar refractivity (Wildman–Crippen MR) is 128 cm³/mol. The molecule has 0 aromatic heterocycles. The monoisotopic (exact) mass is 583 g/mol. The van der Waals surface area contributed by atoms with Gasteiger partial charge in [0.25, 0.3) is 11.1 Å². The van der Waals surface area contributed by atoms with E-state index in [2.05, 4.69) is 36.6 Å². The molecule has 2 aromatic rings. The van der Waals surface area contributed by atoms with Gasteiger partial charge in [0.1, 0.15) is 12.6 Å². The van der Waals surface area contributed by atoms with Crippen molar-refractivity contribution in [1.29, 1.82) is 0 Å². The summed E-state index contributed by atoms with van der Waals surface area (Å²) in [5.41, 5.74) is 1.61. The zero-order valence-electron chi connectivity index (χ0n) is 17.4. The summed E-state index contributed by atoms with van der Waals surface area (Å²) in [6.07, 6.45) is 1.57. The van der Waals surface area contributed by atoms with Gasteiger partial charge >= 0.3 is 5.97 Å². The molecule has 1 fully saturated rings. The Kier molecular flexibility index (Phi) is 8.02. The van der Waals surface area contributed by atoms with Crippen LogP contribution >= 0.6 is 43.6 Å². The Hall–Kier alpha value is -2.30. The Labute approximate surface area is 206 Å². The minimum absolute atomic E-state index is 0.197. The summed E-state index contributed by atoms with van der Waals surface area (Å²) in [5, 5.41) is -0.528. The number of benzene rings is 2. The van der Waals surface area contributed by atoms with Crippen LogP contribution in [0.5, 0.6) is 11.5 Å². The maximum absolute atomic E-state index is 12.7. The smallest absolute Gasteiger partial charge is 0.328 e. The number of halogens is 2. The van der Waals surface area contributed by atoms with Crippen LogP contribution in [0.15, 0.2) is 50.2 Å². The number of carbonyl (C=O) groups excluding carboxylic acids is 3. The van der Waals surface area contributed by atoms with E-state index in [0.717, 1.165) is 26.7 Å². The highest BCUT2D eigenvalue weighted by molar-refractivity contribution is 9.10. The Bertz CT molecular complexity index is 1090. The van der Waals surface area contributed by atoms with Crippen LogP contribution < -0.4 is 9.47 Å². The van der Waals surface area contributed by atoms with E-state index in [0.29, 0.717) is 28.1 Å². The Morgan fingerprint density at radius 3 is 2.47 bits per heavy atom. The van der Waals surface area contributed by atoms with Crippen molar-refractivity contribution in [3.8, 4) is 11.5 Å². The molecular formula is C22H19Br2NO6S. The predicted octanol–water partition coefficient (Wildman–Crippen LogP) is 5.40. The summed E-state index contributed by atoms with van der Waals surface area (Å²) in [5.74, 6) is -0.237. The number of hydrogen-bond acceptors (Lipinski definition) is 7. The average Bonchev–Trinajstić information content (AvgIpc) is 3.05. The molecule has 0 N–H and O–H groups in total. The molecule has 0 radical (unpaired) electrons. The van der Waals surface area contributed by atoms with E-state index in [4.69, 9.17) is 9.47 Å². The van der Waals surface area contributed by atoms with Gasteiger partial charge in [0, 0.05) is 4.47 Å². The first-order valence-electron chi connectivity index (χ1n) is 9.34. The number of rotatable bonds is 7. The molecule has 7 nitrogen and oxygen atoms in total. The van der Waals surface area contributed by atoms with Crippen LogP contribution in [0.2, 0.25) is 0 Å². The van der Waals surface area contributed by atoms with Gasteiger partial charge in [-0.15, -0.1) is 0 Å². The molecule has 0 bridgehead atoms. The summed E-state index contributed by atoms with van der Waals surface area (Å²) < 4.78 is 17.7. The average molecular weight is 585 g/mol. The zero-order valence-corrected chi connectivity index (χ0v) is 21.4. The molecule has 32 heavy (non-hydrogen) atoms. The van der Waals surface area contributed by atoms with E-state index in [1.807, 2.05) is 24.3 Å². The number of nitrogens with zero attached hydrogens (tertiary/aromatic N) is 1. The van der Waals surface area contributed by atoms with Gasteiger partial charge in [-0.25, -0.2) is 4.79 Å². The highest BCUT2D eigenvalue weighted by atomic mass is 79.9. The molecule has 10 heteroatoms. The fourth-order valence-corrected chi connectivity index (χ4v) is 4.69. The van der Waals surface area contributed by atoms with Crippen LogP contribution in [0, 0.1) is 0 Å².